The molecule has 0 atom stereocenters. The van der Waals surface area contributed by atoms with Crippen molar-refractivity contribution in [2.75, 3.05) is 36.5 Å². The number of anilines is 2. The predicted octanol–water partition coefficient (Wildman–Crippen LogP) is 8.09. The van der Waals surface area contributed by atoms with Crippen LogP contribution in [0, 0.1) is 11.2 Å². The number of pyridine rings is 2. The molecule has 1 spiro atoms. The molecule has 1 aromatic carbocycles. The number of carbonyl (C=O) groups excluding carboxylic acids is 3. The van der Waals surface area contributed by atoms with E-state index in [1.54, 1.807) is 37.8 Å². The van der Waals surface area contributed by atoms with E-state index in [4.69, 9.17) is 23.7 Å². The quantitative estimate of drug-likeness (QED) is 0.257. The van der Waals surface area contributed by atoms with Crippen molar-refractivity contribution in [2.45, 2.75) is 104 Å². The average molecular weight is 722 g/mol. The number of amides is 3. The fourth-order valence-electron chi connectivity index (χ4n) is 6.82. The average Bonchev–Trinajstić information content (AvgIpc) is 3.02. The van der Waals surface area contributed by atoms with Gasteiger partial charge < -0.3 is 28.6 Å². The van der Waals surface area contributed by atoms with E-state index in [2.05, 4.69) is 15.3 Å². The number of aromatic nitrogens is 2. The Kier molecular flexibility index (Phi) is 9.88. The fraction of sp³-hybridized carbons (Fsp3) is 0.553. The van der Waals surface area contributed by atoms with Crippen LogP contribution in [0.5, 0.6) is 11.6 Å². The molecule has 1 saturated heterocycles. The van der Waals surface area contributed by atoms with E-state index in [0.717, 1.165) is 25.7 Å². The summed E-state index contributed by atoms with van der Waals surface area (Å²) in [5.41, 5.74) is -0.500. The molecule has 0 radical (unpaired) electrons. The third kappa shape index (κ3) is 8.26. The molecule has 3 aliphatic rings. The summed E-state index contributed by atoms with van der Waals surface area (Å²) in [6.07, 6.45) is 3.94. The molecule has 4 heterocycles. The van der Waals surface area contributed by atoms with Gasteiger partial charge in [-0.2, -0.15) is 0 Å². The van der Waals surface area contributed by atoms with Crippen molar-refractivity contribution in [3.63, 3.8) is 0 Å². The van der Waals surface area contributed by atoms with Crippen LogP contribution in [0.25, 0.3) is 21.9 Å². The molecule has 1 aliphatic carbocycles. The fourth-order valence-corrected chi connectivity index (χ4v) is 6.82. The molecule has 1 N–H and O–H groups in total. The minimum absolute atomic E-state index is 0.0465. The van der Waals surface area contributed by atoms with Crippen LogP contribution in [0.15, 0.2) is 30.6 Å². The Balaban J connectivity index is 1.17. The zero-order valence-corrected chi connectivity index (χ0v) is 31.1. The molecule has 280 valence electrons. The van der Waals surface area contributed by atoms with Crippen LogP contribution < -0.4 is 19.7 Å². The zero-order valence-electron chi connectivity index (χ0n) is 31.1. The number of carbonyl (C=O) groups is 3. The minimum Gasteiger partial charge on any atom is -0.488 e. The largest absolute Gasteiger partial charge is 0.488 e. The lowest BCUT2D eigenvalue weighted by Crippen LogP contribution is -2.52. The first-order chi connectivity index (χ1) is 24.4. The molecule has 6 rings (SSSR count). The van der Waals surface area contributed by atoms with Gasteiger partial charge in [-0.05, 0) is 110 Å². The van der Waals surface area contributed by atoms with Gasteiger partial charge in [-0.3, -0.25) is 10.2 Å². The summed E-state index contributed by atoms with van der Waals surface area (Å²) in [7, 11) is 0. The topological polar surface area (TPSA) is 142 Å². The first-order valence-corrected chi connectivity index (χ1v) is 17.8. The van der Waals surface area contributed by atoms with Crippen LogP contribution in [0.4, 0.5) is 30.3 Å². The molecule has 13 nitrogen and oxygen atoms in total. The van der Waals surface area contributed by atoms with Gasteiger partial charge in [0.15, 0.2) is 11.4 Å². The summed E-state index contributed by atoms with van der Waals surface area (Å²) in [6.45, 7) is 16.2. The standard InChI is InChI=1S/C38H48FN5O8/c1-22(2)49-31-27(21-41-32-30(31)44(13-14-48-32)35(47)52-37(6,7)8)26-15-23-17-29(40-20-24(23)16-28(26)39)42-33(45)50-25-18-38(19-25)9-11-43(12-10-38)34(46)51-36(3,4)5/h15-17,20-22,25H,9-14,18-19H2,1-8H3,(H,40,42,45). The number of halogens is 1. The Hall–Kier alpha value is -4.88. The Bertz CT molecular complexity index is 1850. The lowest BCUT2D eigenvalue weighted by Gasteiger charge is -2.51. The van der Waals surface area contributed by atoms with Crippen molar-refractivity contribution in [2.24, 2.45) is 5.41 Å². The summed E-state index contributed by atoms with van der Waals surface area (Å²) in [5.74, 6) is 0.0896. The third-order valence-corrected chi connectivity index (χ3v) is 9.16. The smallest absolute Gasteiger partial charge is 0.415 e. The van der Waals surface area contributed by atoms with Gasteiger partial charge in [-0.1, -0.05) is 0 Å². The first-order valence-electron chi connectivity index (χ1n) is 17.8. The maximum absolute atomic E-state index is 15.8. The summed E-state index contributed by atoms with van der Waals surface area (Å²) in [5, 5.41) is 3.81. The van der Waals surface area contributed by atoms with Gasteiger partial charge in [0.25, 0.3) is 0 Å². The van der Waals surface area contributed by atoms with E-state index in [1.165, 1.54) is 23.4 Å². The van der Waals surface area contributed by atoms with Crippen molar-refractivity contribution in [3.05, 3.63) is 36.4 Å². The lowest BCUT2D eigenvalue weighted by atomic mass is 9.61. The number of piperidine rings is 1. The molecule has 2 aliphatic heterocycles. The first kappa shape index (κ1) is 36.9. The monoisotopic (exact) mass is 721 g/mol. The van der Waals surface area contributed by atoms with Gasteiger partial charge in [-0.15, -0.1) is 0 Å². The van der Waals surface area contributed by atoms with Gasteiger partial charge in [0, 0.05) is 42.0 Å². The SMILES string of the molecule is CC(C)Oc1c(-c2cc3cc(NC(=O)OC4CC5(CCN(C(=O)OC(C)(C)C)CC5)C4)ncc3cc2F)cnc2c1N(C(=O)OC(C)(C)C)CCO2. The summed E-state index contributed by atoms with van der Waals surface area (Å²) < 4.78 is 44.7. The molecule has 14 heteroatoms. The molecule has 1 saturated carbocycles. The Morgan fingerprint density at radius 2 is 1.58 bits per heavy atom. The highest BCUT2D eigenvalue weighted by Crippen LogP contribution is 2.51. The molecule has 3 amide bonds. The van der Waals surface area contributed by atoms with Gasteiger partial charge in [0.05, 0.1) is 12.6 Å². The molecule has 3 aromatic rings. The Labute approximate surface area is 303 Å². The van der Waals surface area contributed by atoms with E-state index >= 15 is 4.39 Å². The van der Waals surface area contributed by atoms with E-state index < -0.39 is 29.2 Å². The van der Waals surface area contributed by atoms with Crippen molar-refractivity contribution < 1.29 is 42.5 Å². The van der Waals surface area contributed by atoms with Crippen LogP contribution in [0.1, 0.15) is 81.1 Å². The molecule has 0 unspecified atom stereocenters. The molecule has 52 heavy (non-hydrogen) atoms. The van der Waals surface area contributed by atoms with E-state index in [0.29, 0.717) is 29.4 Å². The van der Waals surface area contributed by atoms with Crippen LogP contribution >= 0.6 is 0 Å². The van der Waals surface area contributed by atoms with Crippen LogP contribution in [0.2, 0.25) is 0 Å². The number of nitrogens with one attached hydrogen (secondary N) is 1. The van der Waals surface area contributed by atoms with E-state index in [1.807, 2.05) is 34.6 Å². The van der Waals surface area contributed by atoms with Crippen molar-refractivity contribution in [1.82, 2.24) is 14.9 Å². The summed E-state index contributed by atoms with van der Waals surface area (Å²) in [4.78, 5) is 50.6. The third-order valence-electron chi connectivity index (χ3n) is 9.16. The highest BCUT2D eigenvalue weighted by Gasteiger charge is 2.48. The van der Waals surface area contributed by atoms with Crippen LogP contribution in [-0.2, 0) is 14.2 Å². The number of hydrogen-bond acceptors (Lipinski definition) is 10. The molecule has 0 bridgehead atoms. The van der Waals surface area contributed by atoms with Crippen molar-refractivity contribution in [1.29, 1.82) is 0 Å². The normalized spacial score (nSPS) is 17.3. The maximum Gasteiger partial charge on any atom is 0.415 e. The minimum atomic E-state index is -0.751. The molecule has 2 aromatic heterocycles. The van der Waals surface area contributed by atoms with E-state index in [9.17, 15) is 14.4 Å². The Morgan fingerprint density at radius 1 is 0.904 bits per heavy atom. The molecule has 2 fully saturated rings. The zero-order chi connectivity index (χ0) is 37.6. The highest BCUT2D eigenvalue weighted by atomic mass is 19.1. The van der Waals surface area contributed by atoms with Gasteiger partial charge >= 0.3 is 18.3 Å². The highest BCUT2D eigenvalue weighted by molar-refractivity contribution is 5.97. The second-order valence-electron chi connectivity index (χ2n) is 16.1. The van der Waals surface area contributed by atoms with Crippen molar-refractivity contribution >= 4 is 40.6 Å². The van der Waals surface area contributed by atoms with Crippen molar-refractivity contribution in [3.8, 4) is 22.8 Å². The second-order valence-corrected chi connectivity index (χ2v) is 16.1. The maximum atomic E-state index is 15.8. The number of rotatable bonds is 5. The van der Waals surface area contributed by atoms with Crippen LogP contribution in [-0.4, -0.2) is 82.8 Å². The lowest BCUT2D eigenvalue weighted by molar-refractivity contribution is -0.0717. The van der Waals surface area contributed by atoms with Gasteiger partial charge in [-0.25, -0.2) is 28.7 Å². The van der Waals surface area contributed by atoms with Gasteiger partial charge in [0.2, 0.25) is 5.88 Å². The Morgan fingerprint density at radius 3 is 2.23 bits per heavy atom. The molecular formula is C38H48FN5O8. The summed E-state index contributed by atoms with van der Waals surface area (Å²) >= 11 is 0. The summed E-state index contributed by atoms with van der Waals surface area (Å²) in [6, 6.07) is 4.61. The van der Waals surface area contributed by atoms with Crippen LogP contribution in [0.3, 0.4) is 0 Å². The number of likely N-dealkylation sites (tertiary alicyclic amines) is 1. The number of fused-ring (bicyclic) bond motifs is 2. The number of benzene rings is 1. The number of nitrogens with zero attached hydrogens (tertiary/aromatic N) is 4. The van der Waals surface area contributed by atoms with E-state index in [-0.39, 0.29) is 65.6 Å². The number of hydrogen-bond donors (Lipinski definition) is 1. The number of ether oxygens (including phenoxy) is 5. The van der Waals surface area contributed by atoms with Gasteiger partial charge in [0.1, 0.15) is 35.5 Å². The second kappa shape index (κ2) is 13.9. The molecular weight excluding hydrogens is 673 g/mol. The predicted molar refractivity (Wildman–Crippen MR) is 192 cm³/mol.